The van der Waals surface area contributed by atoms with Gasteiger partial charge in [0.25, 0.3) is 0 Å². The molecule has 1 amide bonds. The molecule has 5 nitrogen and oxygen atoms in total. The lowest BCUT2D eigenvalue weighted by Crippen LogP contribution is -2.42. The summed E-state index contributed by atoms with van der Waals surface area (Å²) < 4.78 is 4.95. The number of rotatable bonds is 3. The van der Waals surface area contributed by atoms with Gasteiger partial charge in [0.1, 0.15) is 5.76 Å². The van der Waals surface area contributed by atoms with Gasteiger partial charge in [-0.25, -0.2) is 0 Å². The van der Waals surface area contributed by atoms with E-state index in [2.05, 4.69) is 34.4 Å². The highest BCUT2D eigenvalue weighted by Gasteiger charge is 2.24. The van der Waals surface area contributed by atoms with Gasteiger partial charge in [0, 0.05) is 17.8 Å². The SMILES string of the molecule is Cc1cc(NC(=O)CN2c3ccccc3CCC2C)no1. The molecular weight excluding hydrogens is 266 g/mol. The molecular formula is C16H19N3O2. The highest BCUT2D eigenvalue weighted by molar-refractivity contribution is 5.93. The number of hydrogen-bond donors (Lipinski definition) is 1. The zero-order chi connectivity index (χ0) is 14.8. The van der Waals surface area contributed by atoms with Crippen molar-refractivity contribution in [1.29, 1.82) is 0 Å². The van der Waals surface area contributed by atoms with Crippen molar-refractivity contribution in [3.8, 4) is 0 Å². The number of nitrogens with one attached hydrogen (secondary N) is 1. The van der Waals surface area contributed by atoms with Crippen LogP contribution >= 0.6 is 0 Å². The normalized spacial score (nSPS) is 17.4. The summed E-state index contributed by atoms with van der Waals surface area (Å²) in [7, 11) is 0. The molecule has 1 aliphatic rings. The molecule has 0 spiro atoms. The summed E-state index contributed by atoms with van der Waals surface area (Å²) in [6, 6.07) is 10.3. The second-order valence-corrected chi connectivity index (χ2v) is 5.52. The van der Waals surface area contributed by atoms with Crippen molar-refractivity contribution in [2.75, 3.05) is 16.8 Å². The topological polar surface area (TPSA) is 58.4 Å². The van der Waals surface area contributed by atoms with E-state index in [1.54, 1.807) is 13.0 Å². The minimum atomic E-state index is -0.0770. The minimum absolute atomic E-state index is 0.0770. The summed E-state index contributed by atoms with van der Waals surface area (Å²) in [6.07, 6.45) is 2.13. The summed E-state index contributed by atoms with van der Waals surface area (Å²) in [4.78, 5) is 14.4. The quantitative estimate of drug-likeness (QED) is 0.942. The third kappa shape index (κ3) is 2.91. The fourth-order valence-electron chi connectivity index (χ4n) is 2.76. The van der Waals surface area contributed by atoms with E-state index in [1.165, 1.54) is 5.56 Å². The third-order valence-corrected chi connectivity index (χ3v) is 3.87. The van der Waals surface area contributed by atoms with Crippen molar-refractivity contribution < 1.29 is 9.32 Å². The van der Waals surface area contributed by atoms with Crippen molar-refractivity contribution in [2.24, 2.45) is 0 Å². The monoisotopic (exact) mass is 285 g/mol. The van der Waals surface area contributed by atoms with Gasteiger partial charge in [-0.3, -0.25) is 4.79 Å². The molecule has 0 bridgehead atoms. The maximum absolute atomic E-state index is 12.2. The molecule has 1 N–H and O–H groups in total. The molecule has 0 saturated carbocycles. The fourth-order valence-corrected chi connectivity index (χ4v) is 2.76. The Hall–Kier alpha value is -2.30. The van der Waals surface area contributed by atoms with Crippen LogP contribution in [0.4, 0.5) is 11.5 Å². The van der Waals surface area contributed by atoms with Crippen LogP contribution in [0.15, 0.2) is 34.9 Å². The molecule has 0 fully saturated rings. The molecule has 21 heavy (non-hydrogen) atoms. The van der Waals surface area contributed by atoms with E-state index in [9.17, 15) is 4.79 Å². The number of benzene rings is 1. The summed E-state index contributed by atoms with van der Waals surface area (Å²) in [5.41, 5.74) is 2.46. The molecule has 110 valence electrons. The van der Waals surface area contributed by atoms with Gasteiger partial charge >= 0.3 is 0 Å². The number of hydrogen-bond acceptors (Lipinski definition) is 4. The number of para-hydroxylation sites is 1. The number of amides is 1. The summed E-state index contributed by atoms with van der Waals surface area (Å²) >= 11 is 0. The Balaban J connectivity index is 1.73. The Bertz CT molecular complexity index is 650. The molecule has 1 aliphatic heterocycles. The average Bonchev–Trinajstić information content (AvgIpc) is 2.87. The zero-order valence-electron chi connectivity index (χ0n) is 12.3. The predicted molar refractivity (Wildman–Crippen MR) is 81.4 cm³/mol. The van der Waals surface area contributed by atoms with Crippen molar-refractivity contribution in [3.05, 3.63) is 41.7 Å². The van der Waals surface area contributed by atoms with Crippen LogP contribution in [0.2, 0.25) is 0 Å². The Morgan fingerprint density at radius 1 is 1.48 bits per heavy atom. The Morgan fingerprint density at radius 2 is 2.29 bits per heavy atom. The van der Waals surface area contributed by atoms with Gasteiger partial charge in [0.05, 0.1) is 6.54 Å². The van der Waals surface area contributed by atoms with Gasteiger partial charge in [0.15, 0.2) is 5.82 Å². The van der Waals surface area contributed by atoms with Gasteiger partial charge < -0.3 is 14.7 Å². The predicted octanol–water partition coefficient (Wildman–Crippen LogP) is 2.76. The molecule has 0 radical (unpaired) electrons. The van der Waals surface area contributed by atoms with E-state index in [0.29, 0.717) is 24.2 Å². The second-order valence-electron chi connectivity index (χ2n) is 5.52. The number of aryl methyl sites for hydroxylation is 2. The van der Waals surface area contributed by atoms with Gasteiger partial charge in [-0.05, 0) is 38.3 Å². The first-order valence-electron chi connectivity index (χ1n) is 7.21. The van der Waals surface area contributed by atoms with Crippen LogP contribution in [0, 0.1) is 6.92 Å². The number of anilines is 2. The molecule has 5 heteroatoms. The summed E-state index contributed by atoms with van der Waals surface area (Å²) in [5, 5.41) is 6.56. The van der Waals surface area contributed by atoms with E-state index in [1.807, 2.05) is 12.1 Å². The van der Waals surface area contributed by atoms with Crippen LogP contribution in [0.1, 0.15) is 24.7 Å². The minimum Gasteiger partial charge on any atom is -0.360 e. The highest BCUT2D eigenvalue weighted by Crippen LogP contribution is 2.30. The molecule has 3 rings (SSSR count). The van der Waals surface area contributed by atoms with Crippen molar-refractivity contribution in [2.45, 2.75) is 32.7 Å². The molecule has 2 aromatic rings. The fraction of sp³-hybridized carbons (Fsp3) is 0.375. The van der Waals surface area contributed by atoms with E-state index < -0.39 is 0 Å². The lowest BCUT2D eigenvalue weighted by Gasteiger charge is -2.36. The second kappa shape index (κ2) is 5.60. The zero-order valence-corrected chi connectivity index (χ0v) is 12.3. The molecule has 1 aromatic carbocycles. The van der Waals surface area contributed by atoms with Crippen molar-refractivity contribution in [3.63, 3.8) is 0 Å². The Labute approximate surface area is 123 Å². The van der Waals surface area contributed by atoms with Crippen LogP contribution in [0.25, 0.3) is 0 Å². The molecule has 2 heterocycles. The molecule has 0 aliphatic carbocycles. The highest BCUT2D eigenvalue weighted by atomic mass is 16.5. The smallest absolute Gasteiger partial charge is 0.245 e. The van der Waals surface area contributed by atoms with E-state index >= 15 is 0 Å². The van der Waals surface area contributed by atoms with E-state index in [0.717, 1.165) is 18.5 Å². The van der Waals surface area contributed by atoms with Crippen molar-refractivity contribution in [1.82, 2.24) is 5.16 Å². The molecule has 1 aromatic heterocycles. The van der Waals surface area contributed by atoms with Crippen molar-refractivity contribution >= 4 is 17.4 Å². The summed E-state index contributed by atoms with van der Waals surface area (Å²) in [5.74, 6) is 1.07. The maximum atomic E-state index is 12.2. The number of fused-ring (bicyclic) bond motifs is 1. The lowest BCUT2D eigenvalue weighted by atomic mass is 9.97. The largest absolute Gasteiger partial charge is 0.360 e. The molecule has 0 saturated heterocycles. The molecule has 1 unspecified atom stereocenters. The van der Waals surface area contributed by atoms with Gasteiger partial charge in [-0.1, -0.05) is 23.4 Å². The Morgan fingerprint density at radius 3 is 3.05 bits per heavy atom. The number of carbonyl (C=O) groups excluding carboxylic acids is 1. The third-order valence-electron chi connectivity index (χ3n) is 3.87. The first-order chi connectivity index (χ1) is 10.1. The van der Waals surface area contributed by atoms with Crippen LogP contribution in [0.5, 0.6) is 0 Å². The average molecular weight is 285 g/mol. The van der Waals surface area contributed by atoms with Gasteiger partial charge in [-0.2, -0.15) is 0 Å². The standard InChI is InChI=1S/C16H19N3O2/c1-11-7-8-13-5-3-4-6-14(13)19(11)10-16(20)17-15-9-12(2)21-18-15/h3-6,9,11H,7-8,10H2,1-2H3,(H,17,18,20). The van der Waals surface area contributed by atoms with Gasteiger partial charge in [0.2, 0.25) is 5.91 Å². The summed E-state index contributed by atoms with van der Waals surface area (Å²) in [6.45, 7) is 4.28. The van der Waals surface area contributed by atoms with Crippen LogP contribution < -0.4 is 10.2 Å². The van der Waals surface area contributed by atoms with Crippen LogP contribution in [-0.4, -0.2) is 23.7 Å². The molecule has 1 atom stereocenters. The number of carbonyl (C=O) groups is 1. The first-order valence-corrected chi connectivity index (χ1v) is 7.21. The lowest BCUT2D eigenvalue weighted by molar-refractivity contribution is -0.115. The van der Waals surface area contributed by atoms with Crippen LogP contribution in [0.3, 0.4) is 0 Å². The van der Waals surface area contributed by atoms with E-state index in [4.69, 9.17) is 4.52 Å². The van der Waals surface area contributed by atoms with Gasteiger partial charge in [-0.15, -0.1) is 0 Å². The van der Waals surface area contributed by atoms with Crippen LogP contribution in [-0.2, 0) is 11.2 Å². The maximum Gasteiger partial charge on any atom is 0.245 e. The van der Waals surface area contributed by atoms with E-state index in [-0.39, 0.29) is 5.91 Å². The number of nitrogens with zero attached hydrogens (tertiary/aromatic N) is 2. The number of aromatic nitrogens is 1. The Kier molecular flexibility index (Phi) is 3.64. The first kappa shape index (κ1) is 13.7.